The Balaban J connectivity index is 1.62. The van der Waals surface area contributed by atoms with E-state index in [0.29, 0.717) is 12.4 Å². The smallest absolute Gasteiger partial charge is 0.155 e. The largest absolute Gasteiger partial charge is 0.491 e. The maximum atomic E-state index is 5.76. The van der Waals surface area contributed by atoms with Gasteiger partial charge in [-0.1, -0.05) is 24.3 Å². The third-order valence-corrected chi connectivity index (χ3v) is 3.63. The molecular formula is C17H21N3O2. The van der Waals surface area contributed by atoms with Crippen molar-refractivity contribution in [3.63, 3.8) is 0 Å². The van der Waals surface area contributed by atoms with Crippen LogP contribution in [0.15, 0.2) is 36.7 Å². The third-order valence-electron chi connectivity index (χ3n) is 3.63. The molecule has 2 aromatic rings. The van der Waals surface area contributed by atoms with Gasteiger partial charge in [-0.3, -0.25) is 0 Å². The summed E-state index contributed by atoms with van der Waals surface area (Å²) in [5.41, 5.74) is 2.40. The summed E-state index contributed by atoms with van der Waals surface area (Å²) in [4.78, 5) is 8.67. The van der Waals surface area contributed by atoms with E-state index in [2.05, 4.69) is 39.6 Å². The van der Waals surface area contributed by atoms with Crippen LogP contribution < -0.4 is 10.1 Å². The zero-order chi connectivity index (χ0) is 15.2. The molecule has 2 heterocycles. The lowest BCUT2D eigenvalue weighted by atomic mass is 10.0. The topological polar surface area (TPSA) is 56.3 Å². The normalized spacial score (nSPS) is 18.1. The lowest BCUT2D eigenvalue weighted by Gasteiger charge is -2.24. The Labute approximate surface area is 130 Å². The first-order valence-electron chi connectivity index (χ1n) is 7.70. The molecule has 116 valence electrons. The van der Waals surface area contributed by atoms with Gasteiger partial charge in [0.15, 0.2) is 5.75 Å². The molecule has 1 aromatic carbocycles. The van der Waals surface area contributed by atoms with E-state index in [0.717, 1.165) is 31.9 Å². The summed E-state index contributed by atoms with van der Waals surface area (Å²) >= 11 is 0. The zero-order valence-electron chi connectivity index (χ0n) is 12.8. The van der Waals surface area contributed by atoms with E-state index >= 15 is 0 Å². The van der Waals surface area contributed by atoms with Crippen molar-refractivity contribution in [1.82, 2.24) is 15.3 Å². The van der Waals surface area contributed by atoms with Gasteiger partial charge in [0.1, 0.15) is 5.82 Å². The molecule has 22 heavy (non-hydrogen) atoms. The van der Waals surface area contributed by atoms with Crippen LogP contribution in [0.4, 0.5) is 0 Å². The molecule has 0 aliphatic carbocycles. The van der Waals surface area contributed by atoms with Crippen LogP contribution in [0.25, 0.3) is 0 Å². The first-order valence-corrected chi connectivity index (χ1v) is 7.70. The number of nitrogens with one attached hydrogen (secondary N) is 1. The minimum atomic E-state index is 0.157. The Hall–Kier alpha value is -1.98. The number of hydrogen-bond donors (Lipinski definition) is 1. The van der Waals surface area contributed by atoms with Gasteiger partial charge in [-0.25, -0.2) is 9.97 Å². The summed E-state index contributed by atoms with van der Waals surface area (Å²) in [7, 11) is 0. The Morgan fingerprint density at radius 1 is 1.23 bits per heavy atom. The molecule has 0 bridgehead atoms. The van der Waals surface area contributed by atoms with Crippen molar-refractivity contribution in [2.75, 3.05) is 26.3 Å². The quantitative estimate of drug-likeness (QED) is 0.916. The fraction of sp³-hybridized carbons (Fsp3) is 0.412. The lowest BCUT2D eigenvalue weighted by Crippen LogP contribution is -2.33. The SMILES string of the molecule is CCOc1cnc(Cc2ccc([C@@H]3CNCCO3)cc2)nc1. The van der Waals surface area contributed by atoms with Crippen molar-refractivity contribution in [2.24, 2.45) is 0 Å². The minimum absolute atomic E-state index is 0.157. The highest BCUT2D eigenvalue weighted by atomic mass is 16.5. The van der Waals surface area contributed by atoms with Crippen LogP contribution in [0.5, 0.6) is 5.75 Å². The maximum absolute atomic E-state index is 5.76. The van der Waals surface area contributed by atoms with E-state index in [1.807, 2.05) is 6.92 Å². The van der Waals surface area contributed by atoms with Crippen LogP contribution in [0.2, 0.25) is 0 Å². The van der Waals surface area contributed by atoms with Crippen molar-refractivity contribution in [3.05, 3.63) is 53.6 Å². The fourth-order valence-electron chi connectivity index (χ4n) is 2.49. The molecule has 3 rings (SSSR count). The van der Waals surface area contributed by atoms with E-state index in [4.69, 9.17) is 9.47 Å². The van der Waals surface area contributed by atoms with Crippen molar-refractivity contribution < 1.29 is 9.47 Å². The molecule has 0 radical (unpaired) electrons. The van der Waals surface area contributed by atoms with Crippen LogP contribution in [-0.4, -0.2) is 36.3 Å². The highest BCUT2D eigenvalue weighted by Gasteiger charge is 2.15. The van der Waals surface area contributed by atoms with Gasteiger partial charge in [0.2, 0.25) is 0 Å². The van der Waals surface area contributed by atoms with Crippen LogP contribution in [-0.2, 0) is 11.2 Å². The molecule has 0 amide bonds. The third kappa shape index (κ3) is 3.81. The van der Waals surface area contributed by atoms with Gasteiger partial charge >= 0.3 is 0 Å². The molecule has 1 aliphatic heterocycles. The summed E-state index contributed by atoms with van der Waals surface area (Å²) < 4.78 is 11.1. The van der Waals surface area contributed by atoms with E-state index in [-0.39, 0.29) is 6.10 Å². The van der Waals surface area contributed by atoms with E-state index in [1.165, 1.54) is 11.1 Å². The van der Waals surface area contributed by atoms with Crippen molar-refractivity contribution in [3.8, 4) is 5.75 Å². The summed E-state index contributed by atoms with van der Waals surface area (Å²) in [5, 5.41) is 3.35. The minimum Gasteiger partial charge on any atom is -0.491 e. The Morgan fingerprint density at radius 3 is 2.64 bits per heavy atom. The van der Waals surface area contributed by atoms with Gasteiger partial charge in [-0.05, 0) is 18.1 Å². The maximum Gasteiger partial charge on any atom is 0.155 e. The average Bonchev–Trinajstić information content (AvgIpc) is 2.58. The zero-order valence-corrected chi connectivity index (χ0v) is 12.8. The van der Waals surface area contributed by atoms with Gasteiger partial charge in [0.25, 0.3) is 0 Å². The number of nitrogens with zero attached hydrogens (tertiary/aromatic N) is 2. The van der Waals surface area contributed by atoms with Crippen LogP contribution in [0.3, 0.4) is 0 Å². The summed E-state index contributed by atoms with van der Waals surface area (Å²) in [5.74, 6) is 1.51. The first kappa shape index (κ1) is 14.9. The molecule has 1 atom stereocenters. The summed E-state index contributed by atoms with van der Waals surface area (Å²) in [6.45, 7) is 5.15. The number of hydrogen-bond acceptors (Lipinski definition) is 5. The number of morpholine rings is 1. The number of ether oxygens (including phenoxy) is 2. The van der Waals surface area contributed by atoms with Gasteiger partial charge in [0, 0.05) is 19.5 Å². The lowest BCUT2D eigenvalue weighted by molar-refractivity contribution is 0.0277. The predicted molar refractivity (Wildman–Crippen MR) is 84.0 cm³/mol. The number of benzene rings is 1. The second-order valence-corrected chi connectivity index (χ2v) is 5.25. The highest BCUT2D eigenvalue weighted by Crippen LogP contribution is 2.19. The first-order chi connectivity index (χ1) is 10.8. The molecule has 1 saturated heterocycles. The van der Waals surface area contributed by atoms with Crippen molar-refractivity contribution in [2.45, 2.75) is 19.4 Å². The van der Waals surface area contributed by atoms with Crippen molar-refractivity contribution in [1.29, 1.82) is 0 Å². The molecule has 0 spiro atoms. The Kier molecular flexibility index (Phi) is 4.98. The van der Waals surface area contributed by atoms with E-state index in [1.54, 1.807) is 12.4 Å². The molecular weight excluding hydrogens is 278 g/mol. The molecule has 0 unspecified atom stereocenters. The van der Waals surface area contributed by atoms with Gasteiger partial charge in [-0.2, -0.15) is 0 Å². The molecule has 5 nitrogen and oxygen atoms in total. The molecule has 1 fully saturated rings. The second kappa shape index (κ2) is 7.33. The molecule has 1 aliphatic rings. The van der Waals surface area contributed by atoms with E-state index in [9.17, 15) is 0 Å². The number of rotatable bonds is 5. The van der Waals surface area contributed by atoms with Crippen molar-refractivity contribution >= 4 is 0 Å². The van der Waals surface area contributed by atoms with E-state index < -0.39 is 0 Å². The molecule has 5 heteroatoms. The Bertz CT molecular complexity index is 578. The number of aromatic nitrogens is 2. The summed E-state index contributed by atoms with van der Waals surface area (Å²) in [6.07, 6.45) is 4.32. The average molecular weight is 299 g/mol. The van der Waals surface area contributed by atoms with Crippen LogP contribution in [0, 0.1) is 0 Å². The van der Waals surface area contributed by atoms with Gasteiger partial charge in [0.05, 0.1) is 31.7 Å². The molecule has 1 aromatic heterocycles. The second-order valence-electron chi connectivity index (χ2n) is 5.25. The van der Waals surface area contributed by atoms with Gasteiger partial charge < -0.3 is 14.8 Å². The van der Waals surface area contributed by atoms with Crippen LogP contribution in [0.1, 0.15) is 30.0 Å². The Morgan fingerprint density at radius 2 is 2.00 bits per heavy atom. The molecule has 0 saturated carbocycles. The van der Waals surface area contributed by atoms with Crippen LogP contribution >= 0.6 is 0 Å². The highest BCUT2D eigenvalue weighted by molar-refractivity contribution is 5.27. The van der Waals surface area contributed by atoms with Gasteiger partial charge in [-0.15, -0.1) is 0 Å². The monoisotopic (exact) mass is 299 g/mol. The fourth-order valence-corrected chi connectivity index (χ4v) is 2.49. The molecule has 1 N–H and O–H groups in total. The predicted octanol–water partition coefficient (Wildman–Crippen LogP) is 2.13. The summed E-state index contributed by atoms with van der Waals surface area (Å²) in [6, 6.07) is 8.49. The standard InChI is InChI=1S/C17H21N3O2/c1-2-21-15-10-19-17(20-11-15)9-13-3-5-14(6-4-13)16-12-18-7-8-22-16/h3-6,10-11,16,18H,2,7-9,12H2,1H3/t16-/m0/s1.